The van der Waals surface area contributed by atoms with Crippen molar-refractivity contribution in [2.24, 2.45) is 0 Å². The maximum absolute atomic E-state index is 11.4. The van der Waals surface area contributed by atoms with Gasteiger partial charge in [0.05, 0.1) is 13.2 Å². The number of aryl methyl sites for hydroxylation is 1. The number of ether oxygens (including phenoxy) is 1. The summed E-state index contributed by atoms with van der Waals surface area (Å²) in [4.78, 5) is 11.4. The van der Waals surface area contributed by atoms with Crippen LogP contribution in [0.2, 0.25) is 0 Å². The first-order valence-electron chi connectivity index (χ1n) is 5.74. The number of hydrogen-bond donors (Lipinski definition) is 2. The maximum atomic E-state index is 11.4. The van der Waals surface area contributed by atoms with Crippen LogP contribution in [0, 0.1) is 6.92 Å². The lowest BCUT2D eigenvalue weighted by molar-refractivity contribution is -0.120. The lowest BCUT2D eigenvalue weighted by Crippen LogP contribution is -2.34. The summed E-state index contributed by atoms with van der Waals surface area (Å²) in [6, 6.07) is 8.12. The first-order valence-corrected chi connectivity index (χ1v) is 5.74. The summed E-state index contributed by atoms with van der Waals surface area (Å²) in [5, 5.41) is 5.85. The Morgan fingerprint density at radius 2 is 2.00 bits per heavy atom. The molecule has 0 aromatic heterocycles. The lowest BCUT2D eigenvalue weighted by atomic mass is 10.1. The molecule has 0 radical (unpaired) electrons. The van der Waals surface area contributed by atoms with Crippen molar-refractivity contribution in [1.29, 1.82) is 0 Å². The van der Waals surface area contributed by atoms with Gasteiger partial charge in [0.2, 0.25) is 5.91 Å². The van der Waals surface area contributed by atoms with E-state index in [2.05, 4.69) is 10.6 Å². The van der Waals surface area contributed by atoms with Crippen molar-refractivity contribution in [3.63, 3.8) is 0 Å². The summed E-state index contributed by atoms with van der Waals surface area (Å²) >= 11 is 0. The van der Waals surface area contributed by atoms with E-state index >= 15 is 0 Å². The van der Waals surface area contributed by atoms with E-state index in [0.717, 1.165) is 5.56 Å². The number of methoxy groups -OCH3 is 1. The predicted molar refractivity (Wildman–Crippen MR) is 67.8 cm³/mol. The molecular weight excluding hydrogens is 216 g/mol. The van der Waals surface area contributed by atoms with Crippen molar-refractivity contribution in [2.75, 3.05) is 26.8 Å². The number of hydrogen-bond acceptors (Lipinski definition) is 3. The van der Waals surface area contributed by atoms with Gasteiger partial charge < -0.3 is 15.4 Å². The third-order valence-electron chi connectivity index (χ3n) is 2.38. The van der Waals surface area contributed by atoms with E-state index in [-0.39, 0.29) is 5.91 Å². The molecule has 1 amide bonds. The Labute approximate surface area is 102 Å². The van der Waals surface area contributed by atoms with Crippen LogP contribution in [0.1, 0.15) is 11.1 Å². The van der Waals surface area contributed by atoms with Gasteiger partial charge in [-0.1, -0.05) is 29.8 Å². The Morgan fingerprint density at radius 1 is 1.29 bits per heavy atom. The van der Waals surface area contributed by atoms with Crippen LogP contribution in [0.15, 0.2) is 24.3 Å². The number of rotatable bonds is 7. The molecular formula is C13H20N2O2. The molecule has 0 bridgehead atoms. The second-order valence-corrected chi connectivity index (χ2v) is 3.93. The van der Waals surface area contributed by atoms with Crippen molar-refractivity contribution < 1.29 is 9.53 Å². The summed E-state index contributed by atoms with van der Waals surface area (Å²) < 4.78 is 4.87. The van der Waals surface area contributed by atoms with E-state index in [1.165, 1.54) is 5.56 Å². The standard InChI is InChI=1S/C13H20N2O2/c1-11-3-5-12(6-4-11)9-15-13(16)10-14-7-8-17-2/h3-6,14H,7-10H2,1-2H3,(H,15,16). The number of nitrogens with one attached hydrogen (secondary N) is 2. The fourth-order valence-electron chi connectivity index (χ4n) is 1.35. The Kier molecular flexibility index (Phi) is 6.29. The van der Waals surface area contributed by atoms with Crippen molar-refractivity contribution >= 4 is 5.91 Å². The highest BCUT2D eigenvalue weighted by Crippen LogP contribution is 2.02. The Hall–Kier alpha value is -1.39. The molecule has 94 valence electrons. The van der Waals surface area contributed by atoms with Gasteiger partial charge in [0, 0.05) is 20.2 Å². The highest BCUT2D eigenvalue weighted by molar-refractivity contribution is 5.77. The second-order valence-electron chi connectivity index (χ2n) is 3.93. The first kappa shape index (κ1) is 13.7. The van der Waals surface area contributed by atoms with Gasteiger partial charge in [-0.15, -0.1) is 0 Å². The highest BCUT2D eigenvalue weighted by atomic mass is 16.5. The molecule has 0 atom stereocenters. The van der Waals surface area contributed by atoms with Gasteiger partial charge in [-0.3, -0.25) is 4.79 Å². The largest absolute Gasteiger partial charge is 0.383 e. The number of carbonyl (C=O) groups excluding carboxylic acids is 1. The van der Waals surface area contributed by atoms with Crippen molar-refractivity contribution in [3.05, 3.63) is 35.4 Å². The molecule has 0 aliphatic heterocycles. The minimum atomic E-state index is 0.00155. The van der Waals surface area contributed by atoms with Gasteiger partial charge in [-0.05, 0) is 12.5 Å². The van der Waals surface area contributed by atoms with E-state index in [0.29, 0.717) is 26.2 Å². The number of amides is 1. The van der Waals surface area contributed by atoms with Gasteiger partial charge in [0.1, 0.15) is 0 Å². The van der Waals surface area contributed by atoms with Crippen LogP contribution in [0.4, 0.5) is 0 Å². The predicted octanol–water partition coefficient (Wildman–Crippen LogP) is 0.847. The average molecular weight is 236 g/mol. The molecule has 17 heavy (non-hydrogen) atoms. The Balaban J connectivity index is 2.17. The molecule has 0 aliphatic rings. The molecule has 1 rings (SSSR count). The van der Waals surface area contributed by atoms with Gasteiger partial charge in [0.15, 0.2) is 0 Å². The lowest BCUT2D eigenvalue weighted by Gasteiger charge is -2.06. The maximum Gasteiger partial charge on any atom is 0.234 e. The van der Waals surface area contributed by atoms with Crippen LogP contribution in [0.5, 0.6) is 0 Å². The third-order valence-corrected chi connectivity index (χ3v) is 2.38. The molecule has 0 spiro atoms. The Morgan fingerprint density at radius 3 is 2.65 bits per heavy atom. The zero-order chi connectivity index (χ0) is 12.5. The van der Waals surface area contributed by atoms with Gasteiger partial charge in [0.25, 0.3) is 0 Å². The summed E-state index contributed by atoms with van der Waals surface area (Å²) in [6.45, 7) is 4.25. The first-order chi connectivity index (χ1) is 8.22. The summed E-state index contributed by atoms with van der Waals surface area (Å²) in [7, 11) is 1.64. The average Bonchev–Trinajstić information content (AvgIpc) is 2.34. The van der Waals surface area contributed by atoms with E-state index in [9.17, 15) is 4.79 Å². The van der Waals surface area contributed by atoms with Gasteiger partial charge >= 0.3 is 0 Å². The molecule has 4 heteroatoms. The van der Waals surface area contributed by atoms with Crippen molar-refractivity contribution in [3.8, 4) is 0 Å². The highest BCUT2D eigenvalue weighted by Gasteiger charge is 2.00. The van der Waals surface area contributed by atoms with Gasteiger partial charge in [-0.2, -0.15) is 0 Å². The monoisotopic (exact) mass is 236 g/mol. The third kappa shape index (κ3) is 6.04. The van der Waals surface area contributed by atoms with E-state index in [4.69, 9.17) is 4.74 Å². The van der Waals surface area contributed by atoms with Crippen molar-refractivity contribution in [1.82, 2.24) is 10.6 Å². The summed E-state index contributed by atoms with van der Waals surface area (Å²) in [6.07, 6.45) is 0. The summed E-state index contributed by atoms with van der Waals surface area (Å²) in [5.41, 5.74) is 2.34. The summed E-state index contributed by atoms with van der Waals surface area (Å²) in [5.74, 6) is 0.00155. The smallest absolute Gasteiger partial charge is 0.234 e. The number of benzene rings is 1. The van der Waals surface area contributed by atoms with Crippen LogP contribution in [-0.4, -0.2) is 32.7 Å². The molecule has 0 aliphatic carbocycles. The minimum absolute atomic E-state index is 0.00155. The van der Waals surface area contributed by atoms with Crippen LogP contribution in [0.25, 0.3) is 0 Å². The molecule has 0 fully saturated rings. The van der Waals surface area contributed by atoms with Crippen LogP contribution >= 0.6 is 0 Å². The zero-order valence-electron chi connectivity index (χ0n) is 10.5. The molecule has 0 saturated carbocycles. The van der Waals surface area contributed by atoms with Crippen LogP contribution in [-0.2, 0) is 16.1 Å². The second kappa shape index (κ2) is 7.81. The zero-order valence-corrected chi connectivity index (χ0v) is 10.5. The minimum Gasteiger partial charge on any atom is -0.383 e. The molecule has 1 aromatic rings. The fourth-order valence-corrected chi connectivity index (χ4v) is 1.35. The van der Waals surface area contributed by atoms with E-state index in [1.807, 2.05) is 31.2 Å². The topological polar surface area (TPSA) is 50.4 Å². The number of carbonyl (C=O) groups is 1. The fraction of sp³-hybridized carbons (Fsp3) is 0.462. The van der Waals surface area contributed by atoms with Gasteiger partial charge in [-0.25, -0.2) is 0 Å². The van der Waals surface area contributed by atoms with E-state index < -0.39 is 0 Å². The quantitative estimate of drug-likeness (QED) is 0.690. The molecule has 0 heterocycles. The Bertz CT molecular complexity index is 336. The molecule has 0 unspecified atom stereocenters. The van der Waals surface area contributed by atoms with Crippen molar-refractivity contribution in [2.45, 2.75) is 13.5 Å². The van der Waals surface area contributed by atoms with E-state index in [1.54, 1.807) is 7.11 Å². The molecule has 1 aromatic carbocycles. The SMILES string of the molecule is COCCNCC(=O)NCc1ccc(C)cc1. The molecule has 4 nitrogen and oxygen atoms in total. The normalized spacial score (nSPS) is 10.2. The van der Waals surface area contributed by atoms with Crippen LogP contribution < -0.4 is 10.6 Å². The molecule has 0 saturated heterocycles. The van der Waals surface area contributed by atoms with Crippen LogP contribution in [0.3, 0.4) is 0 Å². The molecule has 2 N–H and O–H groups in total.